The fourth-order valence-electron chi connectivity index (χ4n) is 1.02. The van der Waals surface area contributed by atoms with E-state index in [0.717, 1.165) is 0 Å². The predicted octanol–water partition coefficient (Wildman–Crippen LogP) is -1.89. The Kier molecular flexibility index (Phi) is 11.5. The maximum Gasteiger partial charge on any atom is 1.00 e. The molecule has 1 rings (SSSR count). The van der Waals surface area contributed by atoms with Crippen LogP contribution in [0.1, 0.15) is 27.2 Å². The molecule has 0 aromatic rings. The maximum atomic E-state index is 10.6. The largest absolute Gasteiger partial charge is 1.00 e. The van der Waals surface area contributed by atoms with Crippen molar-refractivity contribution in [1.82, 2.24) is 0 Å². The van der Waals surface area contributed by atoms with Gasteiger partial charge in [-0.05, 0) is 19.4 Å². The molecule has 0 saturated carbocycles. The molecule has 2 atom stereocenters. The first-order chi connectivity index (χ1) is 5.22. The molecule has 1 heterocycles. The molecule has 1 fully saturated rings. The number of hydrogen-bond acceptors (Lipinski definition) is 2. The second-order valence-electron chi connectivity index (χ2n) is 2.32. The molecule has 0 aromatic heterocycles. The van der Waals surface area contributed by atoms with Crippen LogP contribution in [0, 0.1) is 0 Å². The minimum atomic E-state index is -0.512. The normalized spacial score (nSPS) is 26.7. The van der Waals surface area contributed by atoms with Crippen LogP contribution in [0.2, 0.25) is 0 Å². The van der Waals surface area contributed by atoms with Crippen molar-refractivity contribution in [1.29, 1.82) is 0 Å². The van der Waals surface area contributed by atoms with E-state index in [9.17, 15) is 4.79 Å². The summed E-state index contributed by atoms with van der Waals surface area (Å²) in [6.07, 6.45) is 0.132. The van der Waals surface area contributed by atoms with Crippen molar-refractivity contribution in [2.45, 2.75) is 39.3 Å². The topological polar surface area (TPSA) is 51.4 Å². The molecule has 1 saturated heterocycles. The number of aliphatic hydroxyl groups excluding tert-OH is 1. The minimum absolute atomic E-state index is 0. The third kappa shape index (κ3) is 5.06. The van der Waals surface area contributed by atoms with Crippen LogP contribution in [0.3, 0.4) is 0 Å². The number of aliphatic hydroxyl groups is 1. The first-order valence-electron chi connectivity index (χ1n) is 4.07. The van der Waals surface area contributed by atoms with Gasteiger partial charge in [-0.2, -0.15) is 0 Å². The summed E-state index contributed by atoms with van der Waals surface area (Å²) < 4.78 is 0. The van der Waals surface area contributed by atoms with Gasteiger partial charge >= 0.3 is 51.4 Å². The van der Waals surface area contributed by atoms with Crippen LogP contribution in [-0.4, -0.2) is 29.6 Å². The molecule has 0 aromatic carbocycles. The molecule has 12 heavy (non-hydrogen) atoms. The number of hydrogen-bond donors (Lipinski definition) is 1. The summed E-state index contributed by atoms with van der Waals surface area (Å²) in [4.78, 5) is 10.6. The maximum absolute atomic E-state index is 10.6. The quantitative estimate of drug-likeness (QED) is 0.500. The van der Waals surface area contributed by atoms with E-state index in [2.05, 4.69) is 5.32 Å². The Labute approximate surface area is 117 Å². The van der Waals surface area contributed by atoms with Crippen LogP contribution in [-0.2, 0) is 4.79 Å². The molecular weight excluding hydrogens is 181 g/mol. The summed E-state index contributed by atoms with van der Waals surface area (Å²) in [5, 5.41) is 13.0. The Hall–Kier alpha value is 1.23. The van der Waals surface area contributed by atoms with Gasteiger partial charge in [-0.15, -0.1) is 6.54 Å². The van der Waals surface area contributed by atoms with Crippen LogP contribution in [0.4, 0.5) is 0 Å². The molecule has 4 heteroatoms. The smallest absolute Gasteiger partial charge is 0.651 e. The minimum Gasteiger partial charge on any atom is -0.651 e. The Morgan fingerprint density at radius 2 is 2.00 bits per heavy atom. The molecule has 1 N–H and O–H groups in total. The van der Waals surface area contributed by atoms with Crippen molar-refractivity contribution >= 4 is 5.78 Å². The zero-order valence-electron chi connectivity index (χ0n) is 8.37. The van der Waals surface area contributed by atoms with Crippen LogP contribution in [0.25, 0.3) is 5.32 Å². The zero-order chi connectivity index (χ0) is 8.85. The third-order valence-electron chi connectivity index (χ3n) is 1.53. The van der Waals surface area contributed by atoms with Gasteiger partial charge in [0.05, 0.1) is 0 Å². The number of carbonyl (C=O) groups is 1. The number of nitrogens with zero attached hydrogens (tertiary/aromatic N) is 1. The van der Waals surface area contributed by atoms with E-state index in [1.54, 1.807) is 0 Å². The molecule has 0 radical (unpaired) electrons. The summed E-state index contributed by atoms with van der Waals surface area (Å²) in [5.74, 6) is -0.0278. The van der Waals surface area contributed by atoms with E-state index < -0.39 is 12.1 Å². The summed E-state index contributed by atoms with van der Waals surface area (Å²) in [6, 6.07) is -0.426. The van der Waals surface area contributed by atoms with Crippen LogP contribution < -0.4 is 51.4 Å². The molecule has 0 spiro atoms. The molecule has 2 unspecified atom stereocenters. The molecule has 3 nitrogen and oxygen atoms in total. The van der Waals surface area contributed by atoms with E-state index >= 15 is 0 Å². The summed E-state index contributed by atoms with van der Waals surface area (Å²) in [5.41, 5.74) is 0. The van der Waals surface area contributed by atoms with Crippen LogP contribution >= 0.6 is 0 Å². The molecular formula is C8H16KNO2. The van der Waals surface area contributed by atoms with Gasteiger partial charge in [0.15, 0.2) is 0 Å². The molecule has 0 aliphatic carbocycles. The van der Waals surface area contributed by atoms with Gasteiger partial charge in [-0.25, -0.2) is 0 Å². The fraction of sp³-hybridized carbons (Fsp3) is 0.875. The van der Waals surface area contributed by atoms with Gasteiger partial charge in [0, 0.05) is 6.10 Å². The van der Waals surface area contributed by atoms with Crippen LogP contribution in [0.5, 0.6) is 0 Å². The SMILES string of the molecule is CC.CC(=O)C1[N-]CCC1O.[K+]. The Bertz CT molecular complexity index is 130. The van der Waals surface area contributed by atoms with Crippen molar-refractivity contribution < 1.29 is 61.3 Å². The van der Waals surface area contributed by atoms with Crippen molar-refractivity contribution in [2.75, 3.05) is 6.54 Å². The predicted molar refractivity (Wildman–Crippen MR) is 44.7 cm³/mol. The fourth-order valence-corrected chi connectivity index (χ4v) is 1.02. The summed E-state index contributed by atoms with van der Waals surface area (Å²) >= 11 is 0. The van der Waals surface area contributed by atoms with Crippen molar-refractivity contribution in [3.63, 3.8) is 0 Å². The zero-order valence-corrected chi connectivity index (χ0v) is 11.5. The van der Waals surface area contributed by atoms with Gasteiger partial charge in [0.1, 0.15) is 5.78 Å². The van der Waals surface area contributed by atoms with Crippen molar-refractivity contribution in [2.24, 2.45) is 0 Å². The van der Waals surface area contributed by atoms with Gasteiger partial charge in [-0.3, -0.25) is 0 Å². The first-order valence-corrected chi connectivity index (χ1v) is 4.07. The van der Waals surface area contributed by atoms with Gasteiger partial charge in [-0.1, -0.05) is 13.8 Å². The van der Waals surface area contributed by atoms with E-state index in [4.69, 9.17) is 5.11 Å². The molecule has 1 aliphatic rings. The molecule has 0 amide bonds. The number of carbonyl (C=O) groups excluding carboxylic acids is 1. The van der Waals surface area contributed by atoms with Gasteiger partial charge in [0.25, 0.3) is 0 Å². The van der Waals surface area contributed by atoms with Crippen LogP contribution in [0.15, 0.2) is 0 Å². The molecule has 0 bridgehead atoms. The monoisotopic (exact) mass is 197 g/mol. The number of rotatable bonds is 1. The third-order valence-corrected chi connectivity index (χ3v) is 1.53. The van der Waals surface area contributed by atoms with E-state index in [1.165, 1.54) is 6.92 Å². The standard InChI is InChI=1S/C6H10NO2.C2H6.K/c1-4(8)6-5(9)2-3-7-6;1-2;/h5-6,9H,2-3H2,1H3;1-2H3;/q-1;;+1. The van der Waals surface area contributed by atoms with Gasteiger partial charge in [0.2, 0.25) is 0 Å². The van der Waals surface area contributed by atoms with E-state index in [-0.39, 0.29) is 57.2 Å². The van der Waals surface area contributed by atoms with Gasteiger partial charge < -0.3 is 15.2 Å². The Morgan fingerprint density at radius 1 is 1.50 bits per heavy atom. The van der Waals surface area contributed by atoms with Crippen molar-refractivity contribution in [3.05, 3.63) is 5.32 Å². The number of Topliss-reactive ketones (excluding diaryl/α,β-unsaturated/α-hetero) is 1. The Morgan fingerprint density at radius 3 is 2.17 bits per heavy atom. The average Bonchev–Trinajstić information content (AvgIpc) is 2.39. The average molecular weight is 197 g/mol. The van der Waals surface area contributed by atoms with E-state index in [1.807, 2.05) is 13.8 Å². The summed E-state index contributed by atoms with van der Waals surface area (Å²) in [6.45, 7) is 6.09. The summed E-state index contributed by atoms with van der Waals surface area (Å²) in [7, 11) is 0. The number of ketones is 1. The Balaban J connectivity index is 0. The second kappa shape index (κ2) is 8.81. The van der Waals surface area contributed by atoms with E-state index in [0.29, 0.717) is 13.0 Å². The second-order valence-corrected chi connectivity index (χ2v) is 2.32. The molecule has 66 valence electrons. The first kappa shape index (κ1) is 15.7. The van der Waals surface area contributed by atoms with Crippen molar-refractivity contribution in [3.8, 4) is 0 Å². The molecule has 1 aliphatic heterocycles.